The highest BCUT2D eigenvalue weighted by molar-refractivity contribution is 5.77. The Balaban J connectivity index is 2.13. The van der Waals surface area contributed by atoms with E-state index < -0.39 is 5.69 Å². The van der Waals surface area contributed by atoms with Crippen LogP contribution in [0.5, 0.6) is 0 Å². The fourth-order valence-electron chi connectivity index (χ4n) is 3.76. The van der Waals surface area contributed by atoms with Crippen LogP contribution in [-0.4, -0.2) is 23.1 Å². The van der Waals surface area contributed by atoms with Crippen molar-refractivity contribution >= 4 is 16.9 Å². The lowest BCUT2D eigenvalue weighted by Crippen LogP contribution is -2.39. The van der Waals surface area contributed by atoms with Gasteiger partial charge in [-0.05, 0) is 38.3 Å². The minimum absolute atomic E-state index is 0.295. The minimum atomic E-state index is -0.393. The van der Waals surface area contributed by atoms with Crippen molar-refractivity contribution in [1.82, 2.24) is 23.1 Å². The van der Waals surface area contributed by atoms with Crippen LogP contribution in [0.4, 0.5) is 4.39 Å². The van der Waals surface area contributed by atoms with Crippen molar-refractivity contribution in [2.24, 2.45) is 13.0 Å². The highest BCUT2D eigenvalue weighted by Gasteiger charge is 2.24. The van der Waals surface area contributed by atoms with Gasteiger partial charge in [-0.2, -0.15) is 4.98 Å². The van der Waals surface area contributed by atoms with Crippen LogP contribution in [0, 0.1) is 25.6 Å². The number of hydrogen-bond acceptors (Lipinski definition) is 3. The number of nitrogens with zero attached hydrogens (tertiary/aromatic N) is 5. The number of halogens is 1. The van der Waals surface area contributed by atoms with Crippen LogP contribution in [0.3, 0.4) is 0 Å². The summed E-state index contributed by atoms with van der Waals surface area (Å²) in [6.45, 7) is 8.17. The van der Waals surface area contributed by atoms with Gasteiger partial charge in [0, 0.05) is 25.0 Å². The Morgan fingerprint density at radius 3 is 2.45 bits per heavy atom. The predicted octanol–water partition coefficient (Wildman–Crippen LogP) is 2.94. The molecule has 4 rings (SSSR count). The molecule has 8 heteroatoms. The van der Waals surface area contributed by atoms with E-state index in [1.54, 1.807) is 34.2 Å². The fourth-order valence-corrected chi connectivity index (χ4v) is 3.76. The normalized spacial score (nSPS) is 12.0. The van der Waals surface area contributed by atoms with E-state index in [0.717, 1.165) is 17.8 Å². The zero-order valence-corrected chi connectivity index (χ0v) is 17.2. The van der Waals surface area contributed by atoms with E-state index in [1.807, 2.05) is 27.7 Å². The first-order valence-electron chi connectivity index (χ1n) is 9.68. The Hall–Kier alpha value is -3.16. The van der Waals surface area contributed by atoms with Crippen molar-refractivity contribution in [2.45, 2.75) is 40.7 Å². The monoisotopic (exact) mass is 397 g/mol. The van der Waals surface area contributed by atoms with Crippen LogP contribution in [0.1, 0.15) is 31.7 Å². The van der Waals surface area contributed by atoms with E-state index in [0.29, 0.717) is 35.1 Å². The molecule has 29 heavy (non-hydrogen) atoms. The van der Waals surface area contributed by atoms with Crippen LogP contribution < -0.4 is 11.2 Å². The van der Waals surface area contributed by atoms with Crippen LogP contribution >= 0.6 is 0 Å². The van der Waals surface area contributed by atoms with Gasteiger partial charge in [-0.3, -0.25) is 22.9 Å². The van der Waals surface area contributed by atoms with E-state index in [2.05, 4.69) is 4.98 Å². The SMILES string of the molecule is Cc1c(C)n2c3c(=O)n(CCC(C)C)c(=O)n(C)c3nc2n1-c1ccccc1F. The van der Waals surface area contributed by atoms with Gasteiger partial charge < -0.3 is 0 Å². The van der Waals surface area contributed by atoms with Crippen LogP contribution in [0.25, 0.3) is 22.6 Å². The summed E-state index contributed by atoms with van der Waals surface area (Å²) in [6, 6.07) is 6.43. The van der Waals surface area contributed by atoms with Crippen LogP contribution in [0.2, 0.25) is 0 Å². The topological polar surface area (TPSA) is 66.2 Å². The molecule has 4 aromatic rings. The zero-order valence-electron chi connectivity index (χ0n) is 17.2. The number of hydrogen-bond donors (Lipinski definition) is 0. The summed E-state index contributed by atoms with van der Waals surface area (Å²) in [6.07, 6.45) is 0.719. The van der Waals surface area contributed by atoms with Crippen molar-refractivity contribution in [3.05, 3.63) is 62.3 Å². The molecule has 0 N–H and O–H groups in total. The number of fused-ring (bicyclic) bond motifs is 3. The summed E-state index contributed by atoms with van der Waals surface area (Å²) < 4.78 is 20.6. The van der Waals surface area contributed by atoms with E-state index in [9.17, 15) is 14.0 Å². The Kier molecular flexibility index (Phi) is 4.44. The summed E-state index contributed by atoms with van der Waals surface area (Å²) in [5.74, 6) is 0.385. The summed E-state index contributed by atoms with van der Waals surface area (Å²) in [5, 5.41) is 0. The third-order valence-corrected chi connectivity index (χ3v) is 5.54. The summed E-state index contributed by atoms with van der Waals surface area (Å²) in [5.41, 5.74) is 1.77. The van der Waals surface area contributed by atoms with Gasteiger partial charge in [0.25, 0.3) is 5.56 Å². The van der Waals surface area contributed by atoms with Gasteiger partial charge in [-0.15, -0.1) is 0 Å². The molecule has 0 fully saturated rings. The van der Waals surface area contributed by atoms with E-state index in [4.69, 9.17) is 0 Å². The molecule has 0 saturated carbocycles. The molecule has 0 bridgehead atoms. The van der Waals surface area contributed by atoms with Gasteiger partial charge in [0.05, 0.1) is 5.69 Å². The highest BCUT2D eigenvalue weighted by atomic mass is 19.1. The number of imidazole rings is 2. The molecule has 0 saturated heterocycles. The molecular formula is C21H24FN5O2. The molecule has 3 heterocycles. The molecule has 0 spiro atoms. The smallest absolute Gasteiger partial charge is 0.280 e. The number of aryl methyl sites for hydroxylation is 2. The van der Waals surface area contributed by atoms with Crippen molar-refractivity contribution in [3.63, 3.8) is 0 Å². The Morgan fingerprint density at radius 2 is 1.79 bits per heavy atom. The predicted molar refractivity (Wildman–Crippen MR) is 110 cm³/mol. The van der Waals surface area contributed by atoms with Gasteiger partial charge in [-0.25, -0.2) is 9.18 Å². The van der Waals surface area contributed by atoms with E-state index >= 15 is 0 Å². The molecule has 0 aliphatic heterocycles. The molecule has 3 aromatic heterocycles. The molecule has 0 aliphatic rings. The zero-order chi connectivity index (χ0) is 21.0. The fraction of sp³-hybridized carbons (Fsp3) is 0.381. The maximum Gasteiger partial charge on any atom is 0.332 e. The maximum absolute atomic E-state index is 14.5. The summed E-state index contributed by atoms with van der Waals surface area (Å²) >= 11 is 0. The number of aromatic nitrogens is 5. The quantitative estimate of drug-likeness (QED) is 0.532. The molecule has 7 nitrogen and oxygen atoms in total. The number of benzene rings is 1. The lowest BCUT2D eigenvalue weighted by Gasteiger charge is -2.10. The molecule has 0 aliphatic carbocycles. The van der Waals surface area contributed by atoms with Crippen molar-refractivity contribution in [3.8, 4) is 5.69 Å². The van der Waals surface area contributed by atoms with Gasteiger partial charge in [0.2, 0.25) is 5.78 Å². The van der Waals surface area contributed by atoms with Crippen molar-refractivity contribution in [1.29, 1.82) is 0 Å². The van der Waals surface area contributed by atoms with E-state index in [-0.39, 0.29) is 11.4 Å². The average Bonchev–Trinajstić information content (AvgIpc) is 3.17. The molecule has 152 valence electrons. The number of rotatable bonds is 4. The summed E-state index contributed by atoms with van der Waals surface area (Å²) in [4.78, 5) is 30.6. The second-order valence-corrected chi connectivity index (χ2v) is 7.86. The standard InChI is InChI=1S/C21H24FN5O2/c1-12(2)10-11-25-19(28)17-18(24(5)21(25)29)23-20-26(13(3)14(4)27(17)20)16-9-7-6-8-15(16)22/h6-9,12H,10-11H2,1-5H3. The van der Waals surface area contributed by atoms with Gasteiger partial charge >= 0.3 is 5.69 Å². The van der Waals surface area contributed by atoms with Crippen LogP contribution in [0.15, 0.2) is 33.9 Å². The maximum atomic E-state index is 14.5. The van der Waals surface area contributed by atoms with Gasteiger partial charge in [0.1, 0.15) is 5.82 Å². The number of para-hydroxylation sites is 1. The van der Waals surface area contributed by atoms with Gasteiger partial charge in [-0.1, -0.05) is 26.0 Å². The molecular weight excluding hydrogens is 373 g/mol. The van der Waals surface area contributed by atoms with Gasteiger partial charge in [0.15, 0.2) is 11.2 Å². The minimum Gasteiger partial charge on any atom is -0.280 e. The third kappa shape index (κ3) is 2.73. The Bertz CT molecular complexity index is 1370. The van der Waals surface area contributed by atoms with Crippen molar-refractivity contribution in [2.75, 3.05) is 0 Å². The Labute approximate surface area is 166 Å². The largest absolute Gasteiger partial charge is 0.332 e. The second kappa shape index (κ2) is 6.72. The Morgan fingerprint density at radius 1 is 1.10 bits per heavy atom. The average molecular weight is 397 g/mol. The third-order valence-electron chi connectivity index (χ3n) is 5.54. The van der Waals surface area contributed by atoms with E-state index in [1.165, 1.54) is 15.2 Å². The first-order chi connectivity index (χ1) is 13.7. The molecule has 0 amide bonds. The first kappa shape index (κ1) is 19.2. The first-order valence-corrected chi connectivity index (χ1v) is 9.68. The summed E-state index contributed by atoms with van der Waals surface area (Å²) in [7, 11) is 1.61. The lowest BCUT2D eigenvalue weighted by atomic mass is 10.1. The highest BCUT2D eigenvalue weighted by Crippen LogP contribution is 2.25. The molecule has 0 radical (unpaired) electrons. The van der Waals surface area contributed by atoms with Crippen molar-refractivity contribution < 1.29 is 4.39 Å². The lowest BCUT2D eigenvalue weighted by molar-refractivity contribution is 0.488. The second-order valence-electron chi connectivity index (χ2n) is 7.86. The molecule has 0 atom stereocenters. The molecule has 1 aromatic carbocycles. The molecule has 0 unspecified atom stereocenters. The van der Waals surface area contributed by atoms with Crippen LogP contribution in [-0.2, 0) is 13.6 Å².